The van der Waals surface area contributed by atoms with E-state index in [1.54, 1.807) is 0 Å². The van der Waals surface area contributed by atoms with Crippen LogP contribution in [0, 0.1) is 5.92 Å². The Morgan fingerprint density at radius 2 is 2.03 bits per heavy atom. The Morgan fingerprint density at radius 3 is 2.76 bits per heavy atom. The standard InChI is InChI=1S/C25H27N5O3/c1-13(15-9-21(31)26-11-15)33-23-22-20(27-12-30(22)16-5-6-16)10-18(28-23)14-4-7-17-19(8-14)29-24(32)25(17,2)3/h4,7-8,10,12-13,15-16H,5-6,9,11H2,1-3H3,(H,26,31)(H,29,32)/t13-,15-/m1/s1. The number of rotatable bonds is 5. The highest BCUT2D eigenvalue weighted by Crippen LogP contribution is 2.42. The van der Waals surface area contributed by atoms with Crippen molar-refractivity contribution in [3.05, 3.63) is 36.2 Å². The molecule has 3 aliphatic rings. The normalized spacial score (nSPS) is 22.2. The summed E-state index contributed by atoms with van der Waals surface area (Å²) in [5.41, 5.74) is 4.63. The van der Waals surface area contributed by atoms with Crippen LogP contribution in [0.4, 0.5) is 5.69 Å². The fourth-order valence-electron chi connectivity index (χ4n) is 4.87. The van der Waals surface area contributed by atoms with Crippen LogP contribution in [0.2, 0.25) is 0 Å². The first-order chi connectivity index (χ1) is 15.8. The molecule has 33 heavy (non-hydrogen) atoms. The fraction of sp³-hybridized carbons (Fsp3) is 0.440. The van der Waals surface area contributed by atoms with Crippen molar-refractivity contribution in [1.29, 1.82) is 0 Å². The third kappa shape index (κ3) is 3.27. The predicted molar refractivity (Wildman–Crippen MR) is 124 cm³/mol. The van der Waals surface area contributed by atoms with Crippen LogP contribution >= 0.6 is 0 Å². The first kappa shape index (κ1) is 20.2. The first-order valence-corrected chi connectivity index (χ1v) is 11.6. The molecule has 0 radical (unpaired) electrons. The van der Waals surface area contributed by atoms with Gasteiger partial charge < -0.3 is 19.9 Å². The Kier molecular flexibility index (Phi) is 4.31. The van der Waals surface area contributed by atoms with Crippen molar-refractivity contribution in [2.75, 3.05) is 11.9 Å². The molecule has 2 N–H and O–H groups in total. The van der Waals surface area contributed by atoms with Gasteiger partial charge in [0.05, 0.1) is 23.0 Å². The second kappa shape index (κ2) is 7.04. The molecule has 0 bridgehead atoms. The third-order valence-corrected chi connectivity index (χ3v) is 7.24. The van der Waals surface area contributed by atoms with E-state index in [4.69, 9.17) is 9.72 Å². The Hall–Kier alpha value is -3.42. The van der Waals surface area contributed by atoms with Crippen molar-refractivity contribution in [3.63, 3.8) is 0 Å². The summed E-state index contributed by atoms with van der Waals surface area (Å²) in [6.07, 6.45) is 4.43. The molecule has 1 aliphatic carbocycles. The molecule has 1 aromatic carbocycles. The van der Waals surface area contributed by atoms with Crippen molar-refractivity contribution in [3.8, 4) is 17.1 Å². The zero-order valence-electron chi connectivity index (χ0n) is 19.0. The van der Waals surface area contributed by atoms with Crippen molar-refractivity contribution < 1.29 is 14.3 Å². The Morgan fingerprint density at radius 1 is 1.21 bits per heavy atom. The van der Waals surface area contributed by atoms with Gasteiger partial charge in [-0.3, -0.25) is 9.59 Å². The van der Waals surface area contributed by atoms with Crippen molar-refractivity contribution >= 4 is 28.5 Å². The highest BCUT2D eigenvalue weighted by molar-refractivity contribution is 6.06. The molecule has 3 aromatic rings. The number of hydrogen-bond acceptors (Lipinski definition) is 5. The number of anilines is 1. The summed E-state index contributed by atoms with van der Waals surface area (Å²) in [6.45, 7) is 6.47. The Balaban J connectivity index is 1.42. The minimum absolute atomic E-state index is 0.00111. The SMILES string of the molecule is C[C@@H](Oc1nc(-c2ccc3c(c2)NC(=O)C3(C)C)cc2ncn(C3CC3)c12)[C@H]1CNC(=O)C1. The molecule has 1 saturated heterocycles. The van der Waals surface area contributed by atoms with Crippen LogP contribution in [0.1, 0.15) is 51.6 Å². The molecule has 2 aromatic heterocycles. The zero-order chi connectivity index (χ0) is 22.9. The van der Waals surface area contributed by atoms with E-state index in [9.17, 15) is 9.59 Å². The maximum absolute atomic E-state index is 12.4. The number of nitrogens with zero attached hydrogens (tertiary/aromatic N) is 3. The number of pyridine rings is 1. The van der Waals surface area contributed by atoms with Gasteiger partial charge in [-0.05, 0) is 51.3 Å². The van der Waals surface area contributed by atoms with Gasteiger partial charge in [-0.2, -0.15) is 0 Å². The summed E-state index contributed by atoms with van der Waals surface area (Å²) in [7, 11) is 0. The van der Waals surface area contributed by atoms with Crippen LogP contribution in [-0.4, -0.2) is 39.0 Å². The van der Waals surface area contributed by atoms with Gasteiger partial charge in [0.2, 0.25) is 17.7 Å². The lowest BCUT2D eigenvalue weighted by Gasteiger charge is -2.20. The summed E-state index contributed by atoms with van der Waals surface area (Å²) < 4.78 is 8.57. The maximum atomic E-state index is 12.4. The van der Waals surface area contributed by atoms with Crippen LogP contribution in [0.5, 0.6) is 5.88 Å². The van der Waals surface area contributed by atoms with E-state index in [-0.39, 0.29) is 23.8 Å². The average molecular weight is 446 g/mol. The van der Waals surface area contributed by atoms with E-state index in [0.29, 0.717) is 24.9 Å². The molecule has 0 spiro atoms. The van der Waals surface area contributed by atoms with Gasteiger partial charge in [-0.1, -0.05) is 12.1 Å². The third-order valence-electron chi connectivity index (χ3n) is 7.24. The number of aromatic nitrogens is 3. The summed E-state index contributed by atoms with van der Waals surface area (Å²) in [5, 5.41) is 5.88. The van der Waals surface area contributed by atoms with E-state index in [2.05, 4.69) is 20.2 Å². The predicted octanol–water partition coefficient (Wildman–Crippen LogP) is 3.57. The number of hydrogen-bond donors (Lipinski definition) is 2. The number of amides is 2. The van der Waals surface area contributed by atoms with Gasteiger partial charge >= 0.3 is 0 Å². The molecule has 4 heterocycles. The van der Waals surface area contributed by atoms with Gasteiger partial charge in [0.1, 0.15) is 11.6 Å². The van der Waals surface area contributed by atoms with Crippen LogP contribution in [0.15, 0.2) is 30.6 Å². The molecular formula is C25H27N5O3. The largest absolute Gasteiger partial charge is 0.473 e. The van der Waals surface area contributed by atoms with Crippen molar-refractivity contribution in [1.82, 2.24) is 19.9 Å². The van der Waals surface area contributed by atoms with E-state index >= 15 is 0 Å². The van der Waals surface area contributed by atoms with Gasteiger partial charge in [-0.15, -0.1) is 0 Å². The average Bonchev–Trinajstić information content (AvgIpc) is 3.30. The molecule has 1 saturated carbocycles. The van der Waals surface area contributed by atoms with Crippen LogP contribution in [0.25, 0.3) is 22.3 Å². The number of nitrogens with one attached hydrogen (secondary N) is 2. The first-order valence-electron chi connectivity index (χ1n) is 11.6. The van der Waals surface area contributed by atoms with Gasteiger partial charge in [0.25, 0.3) is 0 Å². The lowest BCUT2D eigenvalue weighted by molar-refractivity contribution is -0.120. The lowest BCUT2D eigenvalue weighted by Crippen LogP contribution is -2.26. The van der Waals surface area contributed by atoms with E-state index in [0.717, 1.165) is 46.4 Å². The molecule has 2 fully saturated rings. The van der Waals surface area contributed by atoms with Crippen LogP contribution < -0.4 is 15.4 Å². The van der Waals surface area contributed by atoms with Crippen molar-refractivity contribution in [2.45, 2.75) is 57.6 Å². The number of carbonyl (C=O) groups excluding carboxylic acids is 2. The highest BCUT2D eigenvalue weighted by atomic mass is 16.5. The Bertz CT molecular complexity index is 1310. The second-order valence-corrected chi connectivity index (χ2v) is 9.99. The smallest absolute Gasteiger partial charge is 0.241 e. The minimum atomic E-state index is -0.551. The van der Waals surface area contributed by atoms with E-state index in [1.807, 2.05) is 51.4 Å². The number of ether oxygens (including phenoxy) is 1. The monoisotopic (exact) mass is 445 g/mol. The quantitative estimate of drug-likeness (QED) is 0.626. The molecule has 0 unspecified atom stereocenters. The minimum Gasteiger partial charge on any atom is -0.473 e. The van der Waals surface area contributed by atoms with Gasteiger partial charge in [0, 0.05) is 36.2 Å². The molecule has 6 rings (SSSR count). The van der Waals surface area contributed by atoms with Gasteiger partial charge in [-0.25, -0.2) is 9.97 Å². The molecule has 8 nitrogen and oxygen atoms in total. The fourth-order valence-corrected chi connectivity index (χ4v) is 4.87. The number of benzene rings is 1. The topological polar surface area (TPSA) is 98.1 Å². The molecular weight excluding hydrogens is 418 g/mol. The molecule has 8 heteroatoms. The lowest BCUT2D eigenvalue weighted by atomic mass is 9.86. The van der Waals surface area contributed by atoms with E-state index < -0.39 is 5.41 Å². The molecule has 2 aliphatic heterocycles. The number of imidazole rings is 1. The second-order valence-electron chi connectivity index (χ2n) is 9.99. The molecule has 2 atom stereocenters. The molecule has 170 valence electrons. The maximum Gasteiger partial charge on any atom is 0.241 e. The highest BCUT2D eigenvalue weighted by Gasteiger charge is 2.38. The van der Waals surface area contributed by atoms with Crippen LogP contribution in [-0.2, 0) is 15.0 Å². The Labute approximate surface area is 191 Å². The number of fused-ring (bicyclic) bond motifs is 2. The number of carbonyl (C=O) groups is 2. The summed E-state index contributed by atoms with van der Waals surface area (Å²) in [4.78, 5) is 33.7. The van der Waals surface area contributed by atoms with Gasteiger partial charge in [0.15, 0.2) is 0 Å². The van der Waals surface area contributed by atoms with Crippen LogP contribution in [0.3, 0.4) is 0 Å². The summed E-state index contributed by atoms with van der Waals surface area (Å²) >= 11 is 0. The zero-order valence-corrected chi connectivity index (χ0v) is 19.0. The van der Waals surface area contributed by atoms with E-state index in [1.165, 1.54) is 0 Å². The summed E-state index contributed by atoms with van der Waals surface area (Å²) in [5.74, 6) is 0.712. The summed E-state index contributed by atoms with van der Waals surface area (Å²) in [6, 6.07) is 8.39. The van der Waals surface area contributed by atoms with Crippen molar-refractivity contribution in [2.24, 2.45) is 5.92 Å². The molecule has 2 amide bonds.